The molecule has 4 bridgehead atoms. The zero-order valence-corrected chi connectivity index (χ0v) is 11.7. The van der Waals surface area contributed by atoms with Gasteiger partial charge in [0.25, 0.3) is 0 Å². The summed E-state index contributed by atoms with van der Waals surface area (Å²) in [4.78, 5) is 12.0. The fourth-order valence-electron chi connectivity index (χ4n) is 5.36. The molecule has 5 saturated carbocycles. The van der Waals surface area contributed by atoms with Gasteiger partial charge in [0.15, 0.2) is 0 Å². The highest BCUT2D eigenvalue weighted by Gasteiger charge is 2.48. The number of nitrogens with one attached hydrogen (secondary N) is 1. The van der Waals surface area contributed by atoms with E-state index in [1.165, 1.54) is 32.1 Å². The third-order valence-electron chi connectivity index (χ3n) is 6.21. The molecule has 1 atom stereocenters. The minimum Gasteiger partial charge on any atom is -0.352 e. The van der Waals surface area contributed by atoms with E-state index in [9.17, 15) is 4.79 Å². The second-order valence-corrected chi connectivity index (χ2v) is 7.72. The first kappa shape index (κ1) is 12.2. The predicted molar refractivity (Wildman–Crippen MR) is 74.3 cm³/mol. The molecule has 5 aliphatic rings. The van der Waals surface area contributed by atoms with Crippen LogP contribution in [0, 0.1) is 29.6 Å². The minimum absolute atomic E-state index is 0.108. The topological polar surface area (TPSA) is 55.1 Å². The van der Waals surface area contributed by atoms with Crippen molar-refractivity contribution < 1.29 is 4.79 Å². The van der Waals surface area contributed by atoms with Crippen LogP contribution in [-0.4, -0.2) is 18.0 Å². The van der Waals surface area contributed by atoms with Gasteiger partial charge in [0.2, 0.25) is 5.91 Å². The van der Waals surface area contributed by atoms with Crippen LogP contribution in [0.4, 0.5) is 0 Å². The number of hydrogen-bond acceptors (Lipinski definition) is 2. The lowest BCUT2D eigenvalue weighted by atomic mass is 9.51. The Bertz CT molecular complexity index is 349. The van der Waals surface area contributed by atoms with E-state index in [0.717, 1.165) is 48.9 Å². The summed E-state index contributed by atoms with van der Waals surface area (Å²) in [7, 11) is 0. The largest absolute Gasteiger partial charge is 0.352 e. The van der Waals surface area contributed by atoms with Crippen molar-refractivity contribution in [3.05, 3.63) is 0 Å². The first-order valence-corrected chi connectivity index (χ1v) is 8.25. The van der Waals surface area contributed by atoms with Crippen LogP contribution in [0.5, 0.6) is 0 Å². The Morgan fingerprint density at radius 2 is 1.63 bits per heavy atom. The van der Waals surface area contributed by atoms with Crippen LogP contribution in [0.3, 0.4) is 0 Å². The molecule has 0 spiro atoms. The first-order chi connectivity index (χ1) is 9.19. The van der Waals surface area contributed by atoms with Crippen LogP contribution in [0.1, 0.15) is 51.4 Å². The number of amides is 1. The minimum atomic E-state index is -0.261. The summed E-state index contributed by atoms with van der Waals surface area (Å²) >= 11 is 0. The fourth-order valence-corrected chi connectivity index (χ4v) is 5.36. The maximum Gasteiger partial charge on any atom is 0.237 e. The molecule has 0 saturated heterocycles. The van der Waals surface area contributed by atoms with Gasteiger partial charge in [-0.3, -0.25) is 4.79 Å². The molecule has 0 radical (unpaired) electrons. The third-order valence-corrected chi connectivity index (χ3v) is 6.21. The van der Waals surface area contributed by atoms with Gasteiger partial charge in [-0.2, -0.15) is 0 Å². The van der Waals surface area contributed by atoms with Gasteiger partial charge < -0.3 is 11.1 Å². The molecule has 0 aromatic heterocycles. The van der Waals surface area contributed by atoms with Crippen molar-refractivity contribution in [2.75, 3.05) is 0 Å². The molecule has 0 aliphatic heterocycles. The van der Waals surface area contributed by atoms with E-state index in [1.807, 2.05) is 0 Å². The molecule has 19 heavy (non-hydrogen) atoms. The summed E-state index contributed by atoms with van der Waals surface area (Å²) < 4.78 is 0. The molecule has 3 N–H and O–H groups in total. The van der Waals surface area contributed by atoms with E-state index in [1.54, 1.807) is 0 Å². The normalized spacial score (nSPS) is 45.2. The van der Waals surface area contributed by atoms with E-state index >= 15 is 0 Å². The fraction of sp³-hybridized carbons (Fsp3) is 0.938. The Hall–Kier alpha value is -0.570. The van der Waals surface area contributed by atoms with Gasteiger partial charge in [0.05, 0.1) is 6.04 Å². The zero-order valence-electron chi connectivity index (χ0n) is 11.7. The molecule has 0 aromatic rings. The molecular weight excluding hydrogens is 236 g/mol. The highest BCUT2D eigenvalue weighted by molar-refractivity contribution is 5.82. The van der Waals surface area contributed by atoms with Crippen LogP contribution < -0.4 is 11.1 Å². The second kappa shape index (κ2) is 4.47. The van der Waals surface area contributed by atoms with Gasteiger partial charge in [-0.25, -0.2) is 0 Å². The van der Waals surface area contributed by atoms with Crippen molar-refractivity contribution in [1.82, 2.24) is 5.32 Å². The molecular formula is C16H26N2O. The SMILES string of the molecule is NC(CC1C2CC3CC(C2)CC1C3)C(=O)NC1CC1. The summed E-state index contributed by atoms with van der Waals surface area (Å²) in [6.07, 6.45) is 10.4. The number of carbonyl (C=O) groups excluding carboxylic acids is 1. The van der Waals surface area contributed by atoms with Gasteiger partial charge in [-0.05, 0) is 81.0 Å². The standard InChI is InChI=1S/C16H26N2O/c17-15(16(19)18-13-1-2-13)8-14-11-4-9-3-10(6-11)7-12(14)5-9/h9-15H,1-8,17H2,(H,18,19). The molecule has 1 amide bonds. The quantitative estimate of drug-likeness (QED) is 0.815. The molecule has 0 heterocycles. The summed E-state index contributed by atoms with van der Waals surface area (Å²) in [5, 5.41) is 3.06. The van der Waals surface area contributed by atoms with Crippen LogP contribution in [0.25, 0.3) is 0 Å². The molecule has 5 rings (SSSR count). The van der Waals surface area contributed by atoms with Gasteiger partial charge in [0, 0.05) is 6.04 Å². The first-order valence-electron chi connectivity index (χ1n) is 8.25. The Kier molecular flexibility index (Phi) is 2.87. The molecule has 3 nitrogen and oxygen atoms in total. The Morgan fingerprint density at radius 1 is 1.05 bits per heavy atom. The smallest absolute Gasteiger partial charge is 0.237 e. The van der Waals surface area contributed by atoms with Crippen molar-refractivity contribution in [2.45, 2.75) is 63.5 Å². The van der Waals surface area contributed by atoms with E-state index < -0.39 is 0 Å². The number of nitrogens with two attached hydrogens (primary N) is 1. The van der Waals surface area contributed by atoms with Crippen molar-refractivity contribution in [1.29, 1.82) is 0 Å². The van der Waals surface area contributed by atoms with Gasteiger partial charge in [0.1, 0.15) is 0 Å². The molecule has 0 aromatic carbocycles. The number of rotatable bonds is 4. The molecule has 5 fully saturated rings. The van der Waals surface area contributed by atoms with Crippen LogP contribution >= 0.6 is 0 Å². The zero-order chi connectivity index (χ0) is 13.0. The van der Waals surface area contributed by atoms with Crippen molar-refractivity contribution in [3.63, 3.8) is 0 Å². The number of hydrogen-bond donors (Lipinski definition) is 2. The Morgan fingerprint density at radius 3 is 2.16 bits per heavy atom. The van der Waals surface area contributed by atoms with Crippen LogP contribution in [0.2, 0.25) is 0 Å². The van der Waals surface area contributed by atoms with Crippen molar-refractivity contribution in [3.8, 4) is 0 Å². The average molecular weight is 262 g/mol. The Balaban J connectivity index is 1.38. The highest BCUT2D eigenvalue weighted by Crippen LogP contribution is 2.57. The average Bonchev–Trinajstić information content (AvgIpc) is 3.16. The molecule has 106 valence electrons. The molecule has 1 unspecified atom stereocenters. The van der Waals surface area contributed by atoms with E-state index in [2.05, 4.69) is 5.32 Å². The van der Waals surface area contributed by atoms with E-state index in [-0.39, 0.29) is 11.9 Å². The lowest BCUT2D eigenvalue weighted by Gasteiger charge is -2.55. The lowest BCUT2D eigenvalue weighted by molar-refractivity contribution is -0.124. The third kappa shape index (κ3) is 2.31. The highest BCUT2D eigenvalue weighted by atomic mass is 16.2. The summed E-state index contributed by atoms with van der Waals surface area (Å²) in [6, 6.07) is 0.181. The molecule has 3 heteroatoms. The predicted octanol–water partition coefficient (Wildman–Crippen LogP) is 2.05. The molecule has 5 aliphatic carbocycles. The van der Waals surface area contributed by atoms with Crippen molar-refractivity contribution in [2.24, 2.45) is 35.3 Å². The summed E-state index contributed by atoms with van der Waals surface area (Å²) in [6.45, 7) is 0. The lowest BCUT2D eigenvalue weighted by Crippen LogP contribution is -2.49. The number of carbonyl (C=O) groups is 1. The van der Waals surface area contributed by atoms with Gasteiger partial charge >= 0.3 is 0 Å². The summed E-state index contributed by atoms with van der Waals surface area (Å²) in [5.41, 5.74) is 6.16. The van der Waals surface area contributed by atoms with E-state index in [4.69, 9.17) is 5.73 Å². The summed E-state index contributed by atoms with van der Waals surface area (Å²) in [5.74, 6) is 4.64. The van der Waals surface area contributed by atoms with Crippen molar-refractivity contribution >= 4 is 5.91 Å². The van der Waals surface area contributed by atoms with E-state index in [0.29, 0.717) is 6.04 Å². The van der Waals surface area contributed by atoms with Crippen LogP contribution in [0.15, 0.2) is 0 Å². The van der Waals surface area contributed by atoms with Crippen LogP contribution in [-0.2, 0) is 4.79 Å². The van der Waals surface area contributed by atoms with Gasteiger partial charge in [-0.15, -0.1) is 0 Å². The Labute approximate surface area is 115 Å². The van der Waals surface area contributed by atoms with Gasteiger partial charge in [-0.1, -0.05) is 0 Å². The second-order valence-electron chi connectivity index (χ2n) is 7.72. The monoisotopic (exact) mass is 262 g/mol. The maximum absolute atomic E-state index is 12.0. The maximum atomic E-state index is 12.0.